The Morgan fingerprint density at radius 2 is 1.83 bits per heavy atom. The number of carbonyl (C=O) groups is 1. The van der Waals surface area contributed by atoms with Crippen LogP contribution in [0.2, 0.25) is 0 Å². The Morgan fingerprint density at radius 3 is 2.52 bits per heavy atom. The van der Waals surface area contributed by atoms with Crippen LogP contribution >= 0.6 is 11.3 Å². The predicted molar refractivity (Wildman–Crippen MR) is 116 cm³/mol. The van der Waals surface area contributed by atoms with Gasteiger partial charge >= 0.3 is 0 Å². The number of sulfone groups is 1. The second-order valence-electron chi connectivity index (χ2n) is 7.18. The second kappa shape index (κ2) is 8.10. The minimum Gasteiger partial charge on any atom is -0.325 e. The number of hydrogen-bond acceptors (Lipinski definition) is 5. The minimum absolute atomic E-state index is 0.0598. The zero-order chi connectivity index (χ0) is 20.4. The molecule has 0 unspecified atom stereocenters. The van der Waals surface area contributed by atoms with Gasteiger partial charge in [0.15, 0.2) is 9.84 Å². The highest BCUT2D eigenvalue weighted by Crippen LogP contribution is 2.37. The average molecular weight is 427 g/mol. The Morgan fingerprint density at radius 1 is 1.10 bits per heavy atom. The van der Waals surface area contributed by atoms with Crippen LogP contribution in [0, 0.1) is 0 Å². The Hall–Kier alpha value is -2.48. The van der Waals surface area contributed by atoms with E-state index in [4.69, 9.17) is 0 Å². The molecule has 150 valence electrons. The summed E-state index contributed by atoms with van der Waals surface area (Å²) in [5.74, 6) is -0.114. The van der Waals surface area contributed by atoms with Crippen molar-refractivity contribution in [1.82, 2.24) is 4.90 Å². The van der Waals surface area contributed by atoms with E-state index in [1.807, 2.05) is 18.2 Å². The van der Waals surface area contributed by atoms with Gasteiger partial charge in [-0.3, -0.25) is 9.69 Å². The van der Waals surface area contributed by atoms with Gasteiger partial charge in [-0.15, -0.1) is 11.3 Å². The highest BCUT2D eigenvalue weighted by molar-refractivity contribution is 7.90. The summed E-state index contributed by atoms with van der Waals surface area (Å²) >= 11 is 1.77. The molecule has 4 rings (SSSR count). The predicted octanol–water partition coefficient (Wildman–Crippen LogP) is 3.74. The van der Waals surface area contributed by atoms with Crippen LogP contribution in [0.1, 0.15) is 22.0 Å². The zero-order valence-corrected chi connectivity index (χ0v) is 17.7. The lowest BCUT2D eigenvalue weighted by Crippen LogP contribution is -2.40. The van der Waals surface area contributed by atoms with Crippen LogP contribution in [0.25, 0.3) is 0 Å². The van der Waals surface area contributed by atoms with E-state index in [1.54, 1.807) is 23.5 Å². The number of hydrogen-bond donors (Lipinski definition) is 1. The summed E-state index contributed by atoms with van der Waals surface area (Å²) in [5.41, 5.74) is 3.04. The number of nitrogens with one attached hydrogen (secondary N) is 1. The number of fused-ring (bicyclic) bond motifs is 1. The standard InChI is InChI=1S/C22H22N2O3S2/c1-29(26,27)18-9-7-17(8-10-18)23-21(25)15-24-13-11-20-19(12-14-28-20)22(24)16-5-3-2-4-6-16/h2-10,12,14,22H,11,13,15H2,1H3,(H,23,25)/t22-/m1/s1. The Labute approximate surface area is 174 Å². The molecule has 1 amide bonds. The van der Waals surface area contributed by atoms with E-state index in [0.29, 0.717) is 5.69 Å². The summed E-state index contributed by atoms with van der Waals surface area (Å²) in [6.45, 7) is 1.08. The van der Waals surface area contributed by atoms with Crippen molar-refractivity contribution in [2.24, 2.45) is 0 Å². The number of rotatable bonds is 5. The summed E-state index contributed by atoms with van der Waals surface area (Å²) in [4.78, 5) is 16.5. The van der Waals surface area contributed by atoms with Crippen LogP contribution in [0.4, 0.5) is 5.69 Å². The van der Waals surface area contributed by atoms with Gasteiger partial charge in [-0.2, -0.15) is 0 Å². The highest BCUT2D eigenvalue weighted by atomic mass is 32.2. The maximum Gasteiger partial charge on any atom is 0.238 e. The summed E-state index contributed by atoms with van der Waals surface area (Å²) in [6.07, 6.45) is 2.10. The lowest BCUT2D eigenvalue weighted by Gasteiger charge is -2.35. The maximum atomic E-state index is 12.7. The molecule has 3 aromatic rings. The van der Waals surface area contributed by atoms with Crippen LogP contribution in [0.3, 0.4) is 0 Å². The van der Waals surface area contributed by atoms with Gasteiger partial charge < -0.3 is 5.32 Å². The van der Waals surface area contributed by atoms with E-state index < -0.39 is 9.84 Å². The molecule has 0 bridgehead atoms. The normalized spacial score (nSPS) is 16.9. The second-order valence-corrected chi connectivity index (χ2v) is 10.2. The summed E-state index contributed by atoms with van der Waals surface area (Å²) in [6, 6.07) is 18.7. The molecule has 1 aliphatic rings. The highest BCUT2D eigenvalue weighted by Gasteiger charge is 2.30. The molecule has 1 aromatic heterocycles. The first-order valence-electron chi connectivity index (χ1n) is 9.37. The number of amides is 1. The van der Waals surface area contributed by atoms with E-state index in [0.717, 1.165) is 13.0 Å². The molecule has 0 saturated carbocycles. The first-order valence-corrected chi connectivity index (χ1v) is 12.1. The molecule has 1 atom stereocenters. The van der Waals surface area contributed by atoms with Crippen molar-refractivity contribution in [1.29, 1.82) is 0 Å². The minimum atomic E-state index is -3.25. The molecule has 0 spiro atoms. The van der Waals surface area contributed by atoms with Gasteiger partial charge in [0.25, 0.3) is 0 Å². The number of anilines is 1. The number of thiophene rings is 1. The van der Waals surface area contributed by atoms with Gasteiger partial charge in [0.1, 0.15) is 0 Å². The first-order chi connectivity index (χ1) is 13.9. The molecule has 29 heavy (non-hydrogen) atoms. The maximum absolute atomic E-state index is 12.7. The SMILES string of the molecule is CS(=O)(=O)c1ccc(NC(=O)CN2CCc3sccc3[C@H]2c2ccccc2)cc1. The number of benzene rings is 2. The fourth-order valence-electron chi connectivity index (χ4n) is 3.73. The monoisotopic (exact) mass is 426 g/mol. The van der Waals surface area contributed by atoms with Gasteiger partial charge in [-0.1, -0.05) is 30.3 Å². The quantitative estimate of drug-likeness (QED) is 0.675. The molecule has 0 saturated heterocycles. The molecular weight excluding hydrogens is 404 g/mol. The molecular formula is C22H22N2O3S2. The molecule has 7 heteroatoms. The van der Waals surface area contributed by atoms with Gasteiger partial charge in [-0.05, 0) is 53.3 Å². The van der Waals surface area contributed by atoms with Gasteiger partial charge in [0, 0.05) is 23.4 Å². The third-order valence-corrected chi connectivity index (χ3v) is 7.22. The fraction of sp³-hybridized carbons (Fsp3) is 0.227. The third kappa shape index (κ3) is 4.42. The van der Waals surface area contributed by atoms with E-state index >= 15 is 0 Å². The van der Waals surface area contributed by atoms with Crippen molar-refractivity contribution >= 4 is 32.8 Å². The van der Waals surface area contributed by atoms with Crippen LogP contribution in [0.5, 0.6) is 0 Å². The third-order valence-electron chi connectivity index (χ3n) is 5.09. The van der Waals surface area contributed by atoms with E-state index in [2.05, 4.69) is 33.8 Å². The molecule has 2 aromatic carbocycles. The summed E-state index contributed by atoms with van der Waals surface area (Å²) < 4.78 is 23.2. The topological polar surface area (TPSA) is 66.5 Å². The van der Waals surface area contributed by atoms with Gasteiger partial charge in [0.05, 0.1) is 17.5 Å². The molecule has 1 aliphatic heterocycles. The zero-order valence-electron chi connectivity index (χ0n) is 16.0. The summed E-state index contributed by atoms with van der Waals surface area (Å²) in [7, 11) is -3.25. The Kier molecular flexibility index (Phi) is 5.54. The van der Waals surface area contributed by atoms with Gasteiger partial charge in [0.2, 0.25) is 5.91 Å². The Bertz CT molecular complexity index is 1110. The van der Waals surface area contributed by atoms with Crippen LogP contribution < -0.4 is 5.32 Å². The van der Waals surface area contributed by atoms with E-state index in [-0.39, 0.29) is 23.4 Å². The largest absolute Gasteiger partial charge is 0.325 e. The molecule has 2 heterocycles. The van der Waals surface area contributed by atoms with E-state index in [9.17, 15) is 13.2 Å². The molecule has 5 nitrogen and oxygen atoms in total. The fourth-order valence-corrected chi connectivity index (χ4v) is 5.27. The lowest BCUT2D eigenvalue weighted by molar-refractivity contribution is -0.117. The van der Waals surface area contributed by atoms with E-state index in [1.165, 1.54) is 34.4 Å². The Balaban J connectivity index is 1.51. The van der Waals surface area contributed by atoms with Crippen molar-refractivity contribution in [3.63, 3.8) is 0 Å². The number of nitrogens with zero attached hydrogens (tertiary/aromatic N) is 1. The van der Waals surface area contributed by atoms with Crippen LogP contribution in [-0.4, -0.2) is 38.6 Å². The average Bonchev–Trinajstić information content (AvgIpc) is 3.17. The molecule has 1 N–H and O–H groups in total. The van der Waals surface area contributed by atoms with Gasteiger partial charge in [-0.25, -0.2) is 8.42 Å². The molecule has 0 aliphatic carbocycles. The van der Waals surface area contributed by atoms with Crippen molar-refractivity contribution in [3.8, 4) is 0 Å². The lowest BCUT2D eigenvalue weighted by atomic mass is 9.93. The smallest absolute Gasteiger partial charge is 0.238 e. The van der Waals surface area contributed by atoms with Crippen molar-refractivity contribution < 1.29 is 13.2 Å². The van der Waals surface area contributed by atoms with Crippen molar-refractivity contribution in [3.05, 3.63) is 82.0 Å². The molecule has 0 fully saturated rings. The van der Waals surface area contributed by atoms with Crippen molar-refractivity contribution in [2.45, 2.75) is 17.4 Å². The first kappa shape index (κ1) is 19.8. The van der Waals surface area contributed by atoms with Crippen molar-refractivity contribution in [2.75, 3.05) is 24.7 Å². The van der Waals surface area contributed by atoms with Crippen LogP contribution in [-0.2, 0) is 21.1 Å². The molecule has 0 radical (unpaired) electrons. The summed E-state index contributed by atoms with van der Waals surface area (Å²) in [5, 5.41) is 5.00. The van der Waals surface area contributed by atoms with Crippen LogP contribution in [0.15, 0.2) is 70.9 Å². The number of carbonyl (C=O) groups excluding carboxylic acids is 1.